The Bertz CT molecular complexity index is 1230. The van der Waals surface area contributed by atoms with Crippen molar-refractivity contribution in [3.8, 4) is 0 Å². The molecule has 1 aliphatic carbocycles. The van der Waals surface area contributed by atoms with E-state index in [1.54, 1.807) is 0 Å². The molecule has 0 saturated heterocycles. The van der Waals surface area contributed by atoms with E-state index in [1.807, 2.05) is 6.07 Å². The van der Waals surface area contributed by atoms with Gasteiger partial charge < -0.3 is 4.90 Å². The second kappa shape index (κ2) is 6.17. The Morgan fingerprint density at radius 3 is 2.48 bits per heavy atom. The summed E-state index contributed by atoms with van der Waals surface area (Å²) in [5, 5.41) is 0. The summed E-state index contributed by atoms with van der Waals surface area (Å²) in [4.78, 5) is 15.7. The third kappa shape index (κ3) is 2.14. The number of benzene rings is 3. The fourth-order valence-corrected chi connectivity index (χ4v) is 6.43. The van der Waals surface area contributed by atoms with Gasteiger partial charge in [0.05, 0.1) is 3.58 Å². The molecule has 29 heavy (non-hydrogen) atoms. The summed E-state index contributed by atoms with van der Waals surface area (Å²) >= 11 is 2.27. The molecular formula is C26H18INO. The third-order valence-electron chi connectivity index (χ3n) is 6.53. The highest BCUT2D eigenvalue weighted by atomic mass is 127. The molecule has 0 bridgehead atoms. The fourth-order valence-electron chi connectivity index (χ4n) is 5.42. The Hall–Kier alpha value is -2.66. The summed E-state index contributed by atoms with van der Waals surface area (Å²) in [7, 11) is 0. The molecule has 0 N–H and O–H groups in total. The molecule has 2 atom stereocenters. The molecule has 0 radical (unpaired) electrons. The molecule has 140 valence electrons. The van der Waals surface area contributed by atoms with Gasteiger partial charge in [-0.15, -0.1) is 0 Å². The predicted octanol–water partition coefficient (Wildman–Crippen LogP) is 5.89. The second-order valence-electron chi connectivity index (χ2n) is 7.84. The first-order valence-electron chi connectivity index (χ1n) is 9.86. The van der Waals surface area contributed by atoms with Crippen molar-refractivity contribution in [3.05, 3.63) is 116 Å². The summed E-state index contributed by atoms with van der Waals surface area (Å²) in [6, 6.07) is 27.6. The highest BCUT2D eigenvalue weighted by Gasteiger charge is 2.60. The number of hydrogen-bond donors (Lipinski definition) is 0. The van der Waals surface area contributed by atoms with Crippen LogP contribution in [0.1, 0.15) is 33.7 Å². The highest BCUT2D eigenvalue weighted by Crippen LogP contribution is 2.62. The van der Waals surface area contributed by atoms with Crippen LogP contribution in [0.2, 0.25) is 0 Å². The summed E-state index contributed by atoms with van der Waals surface area (Å²) in [5.41, 5.74) is 6.74. The van der Waals surface area contributed by atoms with Gasteiger partial charge in [0, 0.05) is 18.0 Å². The minimum absolute atomic E-state index is 0.0915. The summed E-state index contributed by atoms with van der Waals surface area (Å²) in [5.74, 6) is 0.225. The van der Waals surface area contributed by atoms with Gasteiger partial charge in [0.2, 0.25) is 0 Å². The SMILES string of the molecule is O=C1C(I)=C(c2ccccc2)[C@@]23c4ccccc4C=C[C@@H]2c2ccccc2CN13. The van der Waals surface area contributed by atoms with E-state index >= 15 is 0 Å². The molecule has 2 nitrogen and oxygen atoms in total. The molecule has 1 amide bonds. The van der Waals surface area contributed by atoms with Crippen LogP contribution in [0.25, 0.3) is 11.6 Å². The van der Waals surface area contributed by atoms with Gasteiger partial charge in [-0.3, -0.25) is 4.79 Å². The van der Waals surface area contributed by atoms with E-state index in [2.05, 4.69) is 112 Å². The van der Waals surface area contributed by atoms with E-state index in [0.29, 0.717) is 6.54 Å². The molecule has 2 heterocycles. The summed E-state index contributed by atoms with van der Waals surface area (Å²) < 4.78 is 0.830. The Morgan fingerprint density at radius 2 is 1.62 bits per heavy atom. The van der Waals surface area contributed by atoms with Crippen LogP contribution in [0, 0.1) is 0 Å². The van der Waals surface area contributed by atoms with Crippen LogP contribution in [-0.4, -0.2) is 10.8 Å². The lowest BCUT2D eigenvalue weighted by atomic mass is 9.62. The number of amides is 1. The Labute approximate surface area is 183 Å². The van der Waals surface area contributed by atoms with E-state index in [4.69, 9.17) is 0 Å². The van der Waals surface area contributed by atoms with Crippen LogP contribution in [0.15, 0.2) is 88.5 Å². The molecule has 0 saturated carbocycles. The summed E-state index contributed by atoms with van der Waals surface area (Å²) in [6.45, 7) is 0.635. The molecule has 3 aromatic carbocycles. The van der Waals surface area contributed by atoms with Gasteiger partial charge in [-0.05, 0) is 50.4 Å². The van der Waals surface area contributed by atoms with Crippen molar-refractivity contribution < 1.29 is 4.79 Å². The van der Waals surface area contributed by atoms with Crippen molar-refractivity contribution in [2.45, 2.75) is 18.0 Å². The van der Waals surface area contributed by atoms with Gasteiger partial charge in [0.25, 0.3) is 5.91 Å². The number of nitrogens with zero attached hydrogens (tertiary/aromatic N) is 1. The normalized spacial score (nSPS) is 24.1. The maximum atomic E-state index is 13.6. The minimum Gasteiger partial charge on any atom is -0.319 e. The van der Waals surface area contributed by atoms with Crippen LogP contribution in [0.3, 0.4) is 0 Å². The molecule has 3 heteroatoms. The first kappa shape index (κ1) is 17.2. The third-order valence-corrected chi connectivity index (χ3v) is 7.53. The summed E-state index contributed by atoms with van der Waals surface area (Å²) in [6.07, 6.45) is 4.53. The molecule has 0 fully saturated rings. The molecular weight excluding hydrogens is 469 g/mol. The number of halogens is 1. The van der Waals surface area contributed by atoms with E-state index in [0.717, 1.165) is 14.7 Å². The van der Waals surface area contributed by atoms with Crippen LogP contribution in [0.5, 0.6) is 0 Å². The maximum absolute atomic E-state index is 13.6. The molecule has 3 aliphatic rings. The van der Waals surface area contributed by atoms with Gasteiger partial charge in [0.15, 0.2) is 0 Å². The lowest BCUT2D eigenvalue weighted by molar-refractivity contribution is -0.130. The Balaban J connectivity index is 1.75. The number of carbonyl (C=O) groups excluding carboxylic acids is 1. The van der Waals surface area contributed by atoms with Gasteiger partial charge in [-0.2, -0.15) is 0 Å². The predicted molar refractivity (Wildman–Crippen MR) is 124 cm³/mol. The molecule has 6 rings (SSSR count). The van der Waals surface area contributed by atoms with E-state index in [-0.39, 0.29) is 11.8 Å². The zero-order valence-electron chi connectivity index (χ0n) is 15.7. The quantitative estimate of drug-likeness (QED) is 0.392. The number of rotatable bonds is 1. The van der Waals surface area contributed by atoms with E-state index < -0.39 is 5.54 Å². The minimum atomic E-state index is -0.505. The van der Waals surface area contributed by atoms with Crippen LogP contribution < -0.4 is 0 Å². The second-order valence-corrected chi connectivity index (χ2v) is 8.91. The average molecular weight is 487 g/mol. The maximum Gasteiger partial charge on any atom is 0.261 e. The Kier molecular flexibility index (Phi) is 3.66. The van der Waals surface area contributed by atoms with Crippen molar-refractivity contribution in [3.63, 3.8) is 0 Å². The van der Waals surface area contributed by atoms with Crippen molar-refractivity contribution >= 4 is 40.1 Å². The molecule has 0 aromatic heterocycles. The zero-order chi connectivity index (χ0) is 19.6. The first-order chi connectivity index (χ1) is 14.2. The van der Waals surface area contributed by atoms with Crippen LogP contribution in [-0.2, 0) is 16.9 Å². The smallest absolute Gasteiger partial charge is 0.261 e. The molecule has 1 spiro atoms. The van der Waals surface area contributed by atoms with Crippen molar-refractivity contribution in [2.75, 3.05) is 0 Å². The van der Waals surface area contributed by atoms with Crippen molar-refractivity contribution in [1.82, 2.24) is 4.90 Å². The van der Waals surface area contributed by atoms with Gasteiger partial charge in [0.1, 0.15) is 5.54 Å². The Morgan fingerprint density at radius 1 is 0.897 bits per heavy atom. The van der Waals surface area contributed by atoms with Gasteiger partial charge >= 0.3 is 0 Å². The molecule has 2 aliphatic heterocycles. The molecule has 0 unspecified atom stereocenters. The standard InChI is InChI=1S/C26H18INO/c27-24-23(18-9-2-1-3-10-18)26-21-13-7-5-8-17(21)14-15-22(26)20-12-6-4-11-19(20)16-28(26)25(24)29/h1-15,22H,16H2/t22-,26-/m1/s1. The van der Waals surface area contributed by atoms with E-state index in [1.165, 1.54) is 22.3 Å². The first-order valence-corrected chi connectivity index (χ1v) is 10.9. The van der Waals surface area contributed by atoms with E-state index in [9.17, 15) is 4.79 Å². The zero-order valence-corrected chi connectivity index (χ0v) is 17.8. The number of hydrogen-bond acceptors (Lipinski definition) is 1. The van der Waals surface area contributed by atoms with Crippen molar-refractivity contribution in [2.24, 2.45) is 0 Å². The largest absolute Gasteiger partial charge is 0.319 e. The van der Waals surface area contributed by atoms with Crippen LogP contribution >= 0.6 is 22.6 Å². The van der Waals surface area contributed by atoms with Crippen molar-refractivity contribution in [1.29, 1.82) is 0 Å². The monoisotopic (exact) mass is 487 g/mol. The number of carbonyl (C=O) groups is 1. The van der Waals surface area contributed by atoms with Gasteiger partial charge in [-0.1, -0.05) is 91.0 Å². The average Bonchev–Trinajstić information content (AvgIpc) is 2.99. The van der Waals surface area contributed by atoms with Crippen LogP contribution in [0.4, 0.5) is 0 Å². The topological polar surface area (TPSA) is 20.3 Å². The fraction of sp³-hybridized carbons (Fsp3) is 0.115. The highest BCUT2D eigenvalue weighted by molar-refractivity contribution is 14.1. The molecule has 3 aromatic rings. The van der Waals surface area contributed by atoms with Gasteiger partial charge in [-0.25, -0.2) is 0 Å². The lowest BCUT2D eigenvalue weighted by Gasteiger charge is -2.52. The number of fused-ring (bicyclic) bond motifs is 3. The lowest BCUT2D eigenvalue weighted by Crippen LogP contribution is -2.53.